The van der Waals surface area contributed by atoms with Crippen molar-refractivity contribution in [1.82, 2.24) is 35.0 Å². The summed E-state index contributed by atoms with van der Waals surface area (Å²) in [7, 11) is 7.02. The molecule has 1 saturated heterocycles. The molecule has 28 heteroatoms. The summed E-state index contributed by atoms with van der Waals surface area (Å²) in [4.78, 5) is 94.7. The van der Waals surface area contributed by atoms with E-state index in [-0.39, 0.29) is 95.2 Å². The maximum absolute atomic E-state index is 12.9. The van der Waals surface area contributed by atoms with Gasteiger partial charge in [-0.05, 0) is 101 Å². The van der Waals surface area contributed by atoms with Crippen LogP contribution < -0.4 is 43.2 Å². The first-order valence-corrected chi connectivity index (χ1v) is 29.4. The SMILES string of the molecule is COc1cc(OCC(=O)O)ccc1-c1cc(CN2CCN(Cc3cc(-c4c(OC)cc(OCC(=O)O)cc4OC)cc(C(=O)O)n3)CCN(Cc3cc(-c4c(OC)cc(OCC(=O)NCCc5ccc(SC#N)cc5)cc4OC)cc(C(=O)O)n3)CC2)nc(C(=O)O)c1. The summed E-state index contributed by atoms with van der Waals surface area (Å²) >= 11 is 1.06. The summed E-state index contributed by atoms with van der Waals surface area (Å²) < 4.78 is 45.5. The molecule has 1 amide bonds. The average molecular weight is 1300 g/mol. The Hall–Kier alpha value is -10.7. The van der Waals surface area contributed by atoms with Gasteiger partial charge in [0.15, 0.2) is 19.8 Å². The number of methoxy groups -OCH3 is 5. The summed E-state index contributed by atoms with van der Waals surface area (Å²) in [5.74, 6) is -5.05. The van der Waals surface area contributed by atoms with Gasteiger partial charge in [-0.1, -0.05) is 12.1 Å². The van der Waals surface area contributed by atoms with Gasteiger partial charge in [0, 0.05) is 106 Å². The molecular weight excluding hydrogens is 1230 g/mol. The van der Waals surface area contributed by atoms with Crippen LogP contribution in [-0.2, 0) is 40.4 Å². The Labute approximate surface area is 537 Å². The topological polar surface area (TPSA) is 362 Å². The molecule has 0 bridgehead atoms. The van der Waals surface area contributed by atoms with Crippen molar-refractivity contribution in [2.45, 2.75) is 31.0 Å². The second kappa shape index (κ2) is 32.3. The summed E-state index contributed by atoms with van der Waals surface area (Å²) in [5.41, 5.74) is 3.50. The third-order valence-electron chi connectivity index (χ3n) is 14.6. The zero-order valence-corrected chi connectivity index (χ0v) is 52.0. The highest BCUT2D eigenvalue weighted by Gasteiger charge is 2.26. The maximum atomic E-state index is 12.9. The van der Waals surface area contributed by atoms with Crippen molar-refractivity contribution in [2.24, 2.45) is 0 Å². The molecular formula is C65H66N8O19S. The van der Waals surface area contributed by atoms with Crippen molar-refractivity contribution in [3.63, 3.8) is 0 Å². The predicted molar refractivity (Wildman–Crippen MR) is 335 cm³/mol. The Morgan fingerprint density at radius 1 is 0.484 bits per heavy atom. The van der Waals surface area contributed by atoms with Crippen LogP contribution in [0, 0.1) is 10.7 Å². The number of amides is 1. The third kappa shape index (κ3) is 18.7. The van der Waals surface area contributed by atoms with E-state index in [1.165, 1.54) is 78.0 Å². The van der Waals surface area contributed by atoms with Gasteiger partial charge in [-0.2, -0.15) is 5.26 Å². The monoisotopic (exact) mass is 1290 g/mol. The first kappa shape index (κ1) is 68.2. The summed E-state index contributed by atoms with van der Waals surface area (Å²) in [5, 5.41) is 63.6. The van der Waals surface area contributed by atoms with E-state index in [9.17, 15) is 54.3 Å². The Kier molecular flexibility index (Phi) is 23.7. The van der Waals surface area contributed by atoms with E-state index in [2.05, 4.69) is 35.0 Å². The molecule has 3 aromatic heterocycles. The van der Waals surface area contributed by atoms with Crippen LogP contribution in [-0.4, -0.2) is 192 Å². The van der Waals surface area contributed by atoms with E-state index in [1.807, 2.05) is 29.7 Å². The molecule has 486 valence electrons. The standard InChI is InChI=1S/C65H66N8O19S/c1-85-53-26-45(91-35-59(75)76)8-11-49(53)39-20-42(68-50(23-39)63(79)80)31-71-14-16-72(18-19-73(17-15-71)33-44-22-41(25-52(70-44)65(83)84)62-56(88-4)29-47(30-57(62)89-5)92-36-60(77)78)32-43-21-40(24-51(69-43)64(81)82)61-54(86-2)27-46(28-55(61)87-3)90-34-58(74)67-13-12-38-6-9-48(10-7-38)93-37-66/h6-11,20-30H,12-19,31-36H2,1-5H3,(H,67,74)(H,75,76)(H,77,78)(H,79,80)(H,81,82)(H,83,84). The van der Waals surface area contributed by atoms with E-state index in [0.717, 1.165) is 22.2 Å². The quantitative estimate of drug-likeness (QED) is 0.0194. The van der Waals surface area contributed by atoms with Crippen LogP contribution >= 0.6 is 11.8 Å². The summed E-state index contributed by atoms with van der Waals surface area (Å²) in [6.07, 6.45) is 0.545. The molecule has 4 aromatic carbocycles. The van der Waals surface area contributed by atoms with Gasteiger partial charge in [0.25, 0.3) is 5.91 Å². The van der Waals surface area contributed by atoms with Crippen LogP contribution in [0.25, 0.3) is 33.4 Å². The number of rotatable bonds is 30. The molecule has 4 heterocycles. The Morgan fingerprint density at radius 3 is 1.25 bits per heavy atom. The number of carboxylic acid groups (broad SMARTS) is 5. The summed E-state index contributed by atoms with van der Waals surface area (Å²) in [6, 6.07) is 27.4. The van der Waals surface area contributed by atoms with E-state index in [0.29, 0.717) is 103 Å². The van der Waals surface area contributed by atoms with Crippen LogP contribution in [0.4, 0.5) is 0 Å². The van der Waals surface area contributed by atoms with Gasteiger partial charge in [-0.25, -0.2) is 38.9 Å². The molecule has 1 aliphatic rings. The first-order valence-electron chi connectivity index (χ1n) is 28.6. The number of hydrogen-bond acceptors (Lipinski definition) is 22. The van der Waals surface area contributed by atoms with Gasteiger partial charge in [-0.3, -0.25) is 19.5 Å². The molecule has 27 nitrogen and oxygen atoms in total. The molecule has 0 atom stereocenters. The minimum absolute atomic E-state index is 0.0873. The lowest BCUT2D eigenvalue weighted by Crippen LogP contribution is -2.36. The number of carbonyl (C=O) groups is 6. The number of thioether (sulfide) groups is 1. The number of nitriles is 1. The van der Waals surface area contributed by atoms with Gasteiger partial charge in [0.05, 0.1) is 63.8 Å². The number of aliphatic carboxylic acids is 2. The molecule has 0 spiro atoms. The van der Waals surface area contributed by atoms with Crippen LogP contribution in [0.2, 0.25) is 0 Å². The Morgan fingerprint density at radius 2 is 0.860 bits per heavy atom. The van der Waals surface area contributed by atoms with Crippen molar-refractivity contribution in [1.29, 1.82) is 5.26 Å². The molecule has 0 saturated carbocycles. The number of hydrogen-bond donors (Lipinski definition) is 6. The number of nitrogens with zero attached hydrogens (tertiary/aromatic N) is 7. The largest absolute Gasteiger partial charge is 0.496 e. The third-order valence-corrected chi connectivity index (χ3v) is 15.2. The van der Waals surface area contributed by atoms with Crippen molar-refractivity contribution >= 4 is 47.5 Å². The van der Waals surface area contributed by atoms with Gasteiger partial charge < -0.3 is 68.7 Å². The minimum atomic E-state index is -1.33. The number of ether oxygens (including phenoxy) is 8. The molecule has 0 radical (unpaired) electrons. The van der Waals surface area contributed by atoms with Gasteiger partial charge >= 0.3 is 29.8 Å². The highest BCUT2D eigenvalue weighted by Crippen LogP contribution is 2.44. The summed E-state index contributed by atoms with van der Waals surface area (Å²) in [6.45, 7) is 1.12. The molecule has 7 aromatic rings. The highest BCUT2D eigenvalue weighted by atomic mass is 32.2. The number of pyridine rings is 3. The Balaban J connectivity index is 1.11. The van der Waals surface area contributed by atoms with Crippen molar-refractivity contribution < 1.29 is 92.2 Å². The lowest BCUT2D eigenvalue weighted by Gasteiger charge is -2.26. The number of carboxylic acids is 5. The fourth-order valence-corrected chi connectivity index (χ4v) is 10.6. The average Bonchev–Trinajstić information content (AvgIpc) is 0.936. The zero-order valence-electron chi connectivity index (χ0n) is 51.2. The predicted octanol–water partition coefficient (Wildman–Crippen LogP) is 7.07. The fourth-order valence-electron chi connectivity index (χ4n) is 10.2. The number of carbonyl (C=O) groups excluding carboxylic acids is 1. The van der Waals surface area contributed by atoms with Crippen LogP contribution in [0.15, 0.2) is 108 Å². The second-order valence-corrected chi connectivity index (χ2v) is 21.7. The normalized spacial score (nSPS) is 12.8. The lowest BCUT2D eigenvalue weighted by atomic mass is 10.0. The first-order chi connectivity index (χ1) is 44.8. The zero-order chi connectivity index (χ0) is 66.7. The highest BCUT2D eigenvalue weighted by molar-refractivity contribution is 8.03. The smallest absolute Gasteiger partial charge is 0.354 e. The maximum Gasteiger partial charge on any atom is 0.354 e. The van der Waals surface area contributed by atoms with E-state index in [1.54, 1.807) is 36.4 Å². The van der Waals surface area contributed by atoms with Gasteiger partial charge in [0.1, 0.15) is 68.5 Å². The lowest BCUT2D eigenvalue weighted by molar-refractivity contribution is -0.140. The molecule has 0 aliphatic carbocycles. The van der Waals surface area contributed by atoms with Gasteiger partial charge in [-0.15, -0.1) is 0 Å². The fraction of sp³-hybridized carbons (Fsp3) is 0.292. The van der Waals surface area contributed by atoms with Crippen molar-refractivity contribution in [3.05, 3.63) is 143 Å². The van der Waals surface area contributed by atoms with Gasteiger partial charge in [0.2, 0.25) is 0 Å². The number of benzene rings is 4. The molecule has 93 heavy (non-hydrogen) atoms. The van der Waals surface area contributed by atoms with E-state index >= 15 is 0 Å². The minimum Gasteiger partial charge on any atom is -0.496 e. The number of thiocyanates is 1. The van der Waals surface area contributed by atoms with Crippen LogP contribution in [0.1, 0.15) is 54.1 Å². The molecule has 6 N–H and O–H groups in total. The van der Waals surface area contributed by atoms with E-state index < -0.39 is 43.1 Å². The molecule has 1 aliphatic heterocycles. The number of aromatic nitrogens is 3. The molecule has 8 rings (SSSR count). The van der Waals surface area contributed by atoms with Crippen LogP contribution in [0.5, 0.6) is 46.0 Å². The molecule has 0 unspecified atom stereocenters. The number of aromatic carboxylic acids is 3. The second-order valence-electron chi connectivity index (χ2n) is 20.8. The van der Waals surface area contributed by atoms with Crippen molar-refractivity contribution in [3.8, 4) is 84.8 Å². The Bertz CT molecular complexity index is 3890. The molecule has 1 fully saturated rings. The number of nitrogens with one attached hydrogen (secondary N) is 1. The van der Waals surface area contributed by atoms with E-state index in [4.69, 9.17) is 43.2 Å². The van der Waals surface area contributed by atoms with Crippen LogP contribution in [0.3, 0.4) is 0 Å². The van der Waals surface area contributed by atoms with Crippen molar-refractivity contribution in [2.75, 3.05) is 101 Å².